The van der Waals surface area contributed by atoms with Gasteiger partial charge in [0.1, 0.15) is 5.76 Å². The summed E-state index contributed by atoms with van der Waals surface area (Å²) in [6, 6.07) is 0. The predicted molar refractivity (Wildman–Crippen MR) is 82.2 cm³/mol. The van der Waals surface area contributed by atoms with Crippen LogP contribution in [-0.2, 0) is 4.79 Å². The third kappa shape index (κ3) is 6.26. The van der Waals surface area contributed by atoms with E-state index in [0.29, 0.717) is 11.8 Å². The average molecular weight is 268 g/mol. The number of hydrogen-bond donors (Lipinski definition) is 1. The molecule has 19 heavy (non-hydrogen) atoms. The van der Waals surface area contributed by atoms with E-state index < -0.39 is 5.41 Å². The fourth-order valence-corrected chi connectivity index (χ4v) is 2.76. The smallest absolute Gasteiger partial charge is 0.164 e. The van der Waals surface area contributed by atoms with E-state index in [1.807, 2.05) is 27.7 Å². The molecule has 0 aliphatic rings. The monoisotopic (exact) mass is 268 g/mol. The Kier molecular flexibility index (Phi) is 6.31. The molecule has 2 nitrogen and oxygen atoms in total. The second kappa shape index (κ2) is 6.58. The van der Waals surface area contributed by atoms with Gasteiger partial charge in [0.2, 0.25) is 0 Å². The molecule has 112 valence electrons. The number of aliphatic hydroxyl groups is 1. The van der Waals surface area contributed by atoms with Gasteiger partial charge in [-0.25, -0.2) is 0 Å². The Morgan fingerprint density at radius 1 is 0.947 bits per heavy atom. The van der Waals surface area contributed by atoms with Crippen LogP contribution in [0.25, 0.3) is 0 Å². The third-order valence-electron chi connectivity index (χ3n) is 3.47. The highest BCUT2D eigenvalue weighted by Gasteiger charge is 2.30. The zero-order chi connectivity index (χ0) is 15.4. The lowest BCUT2D eigenvalue weighted by Crippen LogP contribution is -2.26. The lowest BCUT2D eigenvalue weighted by atomic mass is 9.77. The first-order chi connectivity index (χ1) is 8.38. The number of carbonyl (C=O) groups is 1. The standard InChI is InChI=1S/C17H32O2/c1-12(2)10-16(5,6)14(18)9-15(19)17(7,8)11-13(3)4/h9,12-13,18H,10-11H2,1-8H3/b14-9-. The molecule has 0 amide bonds. The fraction of sp³-hybridized carbons (Fsp3) is 0.824. The fourth-order valence-electron chi connectivity index (χ4n) is 2.76. The topological polar surface area (TPSA) is 37.3 Å². The summed E-state index contributed by atoms with van der Waals surface area (Å²) in [5, 5.41) is 10.2. The molecule has 0 unspecified atom stereocenters. The van der Waals surface area contributed by atoms with Crippen LogP contribution in [0.15, 0.2) is 11.8 Å². The Labute approximate surface area is 119 Å². The third-order valence-corrected chi connectivity index (χ3v) is 3.47. The minimum atomic E-state index is -0.407. The first-order valence-corrected chi connectivity index (χ1v) is 7.34. The van der Waals surface area contributed by atoms with Gasteiger partial charge in [0.15, 0.2) is 5.78 Å². The molecule has 0 fully saturated rings. The first-order valence-electron chi connectivity index (χ1n) is 7.34. The first kappa shape index (κ1) is 18.2. The number of hydrogen-bond acceptors (Lipinski definition) is 2. The SMILES string of the molecule is CC(C)CC(C)(C)C(=O)/C=C(\O)C(C)(C)CC(C)C. The molecule has 0 saturated carbocycles. The highest BCUT2D eigenvalue weighted by atomic mass is 16.3. The molecule has 0 spiro atoms. The van der Waals surface area contributed by atoms with Crippen LogP contribution in [0, 0.1) is 22.7 Å². The van der Waals surface area contributed by atoms with E-state index in [4.69, 9.17) is 0 Å². The van der Waals surface area contributed by atoms with Crippen molar-refractivity contribution in [2.45, 2.75) is 68.2 Å². The Bertz CT molecular complexity index is 333. The van der Waals surface area contributed by atoms with Crippen LogP contribution in [0.4, 0.5) is 0 Å². The molecule has 2 heteroatoms. The highest BCUT2D eigenvalue weighted by molar-refractivity contribution is 5.94. The molecule has 0 aromatic rings. The normalized spacial score (nSPS) is 14.3. The summed E-state index contributed by atoms with van der Waals surface area (Å²) in [6.45, 7) is 16.4. The van der Waals surface area contributed by atoms with Crippen molar-refractivity contribution in [2.75, 3.05) is 0 Å². The summed E-state index contributed by atoms with van der Waals surface area (Å²) >= 11 is 0. The van der Waals surface area contributed by atoms with Gasteiger partial charge in [0.05, 0.1) is 0 Å². The average Bonchev–Trinajstić information content (AvgIpc) is 2.12. The minimum absolute atomic E-state index is 0.0236. The van der Waals surface area contributed by atoms with Crippen molar-refractivity contribution in [3.63, 3.8) is 0 Å². The summed E-state index contributed by atoms with van der Waals surface area (Å²) < 4.78 is 0. The minimum Gasteiger partial charge on any atom is -0.512 e. The van der Waals surface area contributed by atoms with Gasteiger partial charge >= 0.3 is 0 Å². The maximum atomic E-state index is 12.3. The zero-order valence-electron chi connectivity index (χ0n) is 14.0. The van der Waals surface area contributed by atoms with Gasteiger partial charge < -0.3 is 5.11 Å². The molecule has 0 aliphatic heterocycles. The Morgan fingerprint density at radius 2 is 1.32 bits per heavy atom. The molecular weight excluding hydrogens is 236 g/mol. The molecule has 0 atom stereocenters. The quantitative estimate of drug-likeness (QED) is 0.512. The maximum absolute atomic E-state index is 12.3. The maximum Gasteiger partial charge on any atom is 0.164 e. The van der Waals surface area contributed by atoms with Gasteiger partial charge in [-0.3, -0.25) is 4.79 Å². The van der Waals surface area contributed by atoms with Gasteiger partial charge in [-0.2, -0.15) is 0 Å². The second-order valence-corrected chi connectivity index (χ2v) is 7.86. The van der Waals surface area contributed by atoms with Gasteiger partial charge in [-0.1, -0.05) is 55.4 Å². The molecule has 0 saturated heterocycles. The van der Waals surface area contributed by atoms with Gasteiger partial charge in [0.25, 0.3) is 0 Å². The zero-order valence-corrected chi connectivity index (χ0v) is 14.0. The van der Waals surface area contributed by atoms with Crippen LogP contribution in [0.3, 0.4) is 0 Å². The summed E-state index contributed by atoms with van der Waals surface area (Å²) in [7, 11) is 0. The van der Waals surface area contributed by atoms with E-state index in [-0.39, 0.29) is 17.0 Å². The molecule has 1 N–H and O–H groups in total. The lowest BCUT2D eigenvalue weighted by Gasteiger charge is -2.28. The van der Waals surface area contributed by atoms with Gasteiger partial charge in [-0.15, -0.1) is 0 Å². The van der Waals surface area contributed by atoms with E-state index in [1.165, 1.54) is 6.08 Å². The Morgan fingerprint density at radius 3 is 1.68 bits per heavy atom. The molecule has 0 rings (SSSR count). The molecule has 0 aromatic heterocycles. The summed E-state index contributed by atoms with van der Waals surface area (Å²) in [5.74, 6) is 1.20. The molecule has 0 aromatic carbocycles. The predicted octanol–water partition coefficient (Wildman–Crippen LogP) is 5.14. The summed E-state index contributed by atoms with van der Waals surface area (Å²) in [4.78, 5) is 12.3. The van der Waals surface area contributed by atoms with E-state index in [2.05, 4.69) is 27.7 Å². The molecule has 0 radical (unpaired) electrons. The van der Waals surface area contributed by atoms with Crippen LogP contribution in [0.5, 0.6) is 0 Å². The largest absolute Gasteiger partial charge is 0.512 e. The number of aliphatic hydroxyl groups excluding tert-OH is 1. The number of carbonyl (C=O) groups excluding carboxylic acids is 1. The highest BCUT2D eigenvalue weighted by Crippen LogP contribution is 2.34. The van der Waals surface area contributed by atoms with Gasteiger partial charge in [0, 0.05) is 16.9 Å². The van der Waals surface area contributed by atoms with Crippen molar-refractivity contribution >= 4 is 5.78 Å². The van der Waals surface area contributed by atoms with Crippen molar-refractivity contribution < 1.29 is 9.90 Å². The van der Waals surface area contributed by atoms with Crippen molar-refractivity contribution in [3.8, 4) is 0 Å². The van der Waals surface area contributed by atoms with E-state index in [1.54, 1.807) is 0 Å². The summed E-state index contributed by atoms with van der Waals surface area (Å²) in [6.07, 6.45) is 3.15. The number of allylic oxidation sites excluding steroid dienone is 2. The molecular formula is C17H32O2. The van der Waals surface area contributed by atoms with E-state index in [9.17, 15) is 9.90 Å². The molecule has 0 bridgehead atoms. The molecule has 0 heterocycles. The van der Waals surface area contributed by atoms with E-state index in [0.717, 1.165) is 12.8 Å². The Hall–Kier alpha value is -0.790. The number of ketones is 1. The van der Waals surface area contributed by atoms with Crippen molar-refractivity contribution in [1.29, 1.82) is 0 Å². The van der Waals surface area contributed by atoms with Crippen molar-refractivity contribution in [3.05, 3.63) is 11.8 Å². The molecule has 0 aliphatic carbocycles. The van der Waals surface area contributed by atoms with E-state index >= 15 is 0 Å². The lowest BCUT2D eigenvalue weighted by molar-refractivity contribution is -0.123. The second-order valence-electron chi connectivity index (χ2n) is 7.86. The van der Waals surface area contributed by atoms with Crippen LogP contribution in [0.2, 0.25) is 0 Å². The van der Waals surface area contributed by atoms with Crippen LogP contribution >= 0.6 is 0 Å². The summed E-state index contributed by atoms with van der Waals surface area (Å²) in [5.41, 5.74) is -0.742. The van der Waals surface area contributed by atoms with Crippen LogP contribution in [-0.4, -0.2) is 10.9 Å². The number of rotatable bonds is 7. The van der Waals surface area contributed by atoms with Gasteiger partial charge in [-0.05, 0) is 24.7 Å². The van der Waals surface area contributed by atoms with Crippen LogP contribution < -0.4 is 0 Å². The Balaban J connectivity index is 4.98. The van der Waals surface area contributed by atoms with Crippen molar-refractivity contribution in [2.24, 2.45) is 22.7 Å². The van der Waals surface area contributed by atoms with Crippen LogP contribution in [0.1, 0.15) is 68.2 Å². The van der Waals surface area contributed by atoms with Crippen molar-refractivity contribution in [1.82, 2.24) is 0 Å².